The van der Waals surface area contributed by atoms with E-state index in [0.29, 0.717) is 13.0 Å². The van der Waals surface area contributed by atoms with Crippen molar-refractivity contribution >= 4 is 21.9 Å². The molecular formula is C14H20BrNO2. The molecule has 1 aromatic rings. The molecule has 0 aliphatic rings. The van der Waals surface area contributed by atoms with Crippen LogP contribution in [0.15, 0.2) is 28.7 Å². The number of benzene rings is 1. The summed E-state index contributed by atoms with van der Waals surface area (Å²) in [7, 11) is 0. The number of hydrogen-bond acceptors (Lipinski definition) is 3. The molecule has 0 saturated carbocycles. The molecule has 0 bridgehead atoms. The van der Waals surface area contributed by atoms with Gasteiger partial charge >= 0.3 is 5.97 Å². The Morgan fingerprint density at radius 2 is 1.94 bits per heavy atom. The quantitative estimate of drug-likeness (QED) is 0.818. The molecule has 0 aromatic heterocycles. The summed E-state index contributed by atoms with van der Waals surface area (Å²) in [5.41, 5.74) is 1.20. The minimum atomic E-state index is -0.152. The van der Waals surface area contributed by atoms with Crippen molar-refractivity contribution in [2.75, 3.05) is 6.61 Å². The lowest BCUT2D eigenvalue weighted by atomic mass is 10.1. The fourth-order valence-electron chi connectivity index (χ4n) is 1.80. The first-order valence-electron chi connectivity index (χ1n) is 6.20. The average Bonchev–Trinajstić information content (AvgIpc) is 2.29. The molecule has 0 radical (unpaired) electrons. The van der Waals surface area contributed by atoms with Crippen LogP contribution < -0.4 is 5.32 Å². The van der Waals surface area contributed by atoms with Gasteiger partial charge in [-0.05, 0) is 38.5 Å². The van der Waals surface area contributed by atoms with E-state index in [2.05, 4.69) is 40.3 Å². The van der Waals surface area contributed by atoms with E-state index in [1.807, 2.05) is 26.0 Å². The van der Waals surface area contributed by atoms with Crippen LogP contribution in [-0.2, 0) is 9.53 Å². The van der Waals surface area contributed by atoms with Gasteiger partial charge in [-0.1, -0.05) is 28.1 Å². The van der Waals surface area contributed by atoms with Crippen molar-refractivity contribution in [1.82, 2.24) is 5.32 Å². The van der Waals surface area contributed by atoms with E-state index in [9.17, 15) is 4.79 Å². The topological polar surface area (TPSA) is 38.3 Å². The van der Waals surface area contributed by atoms with E-state index in [-0.39, 0.29) is 18.1 Å². The Morgan fingerprint density at radius 1 is 1.33 bits per heavy atom. The number of carbonyl (C=O) groups excluding carboxylic acids is 1. The fraction of sp³-hybridized carbons (Fsp3) is 0.500. The number of esters is 1. The highest BCUT2D eigenvalue weighted by atomic mass is 79.9. The molecule has 1 N–H and O–H groups in total. The van der Waals surface area contributed by atoms with Crippen LogP contribution in [0.1, 0.15) is 38.8 Å². The van der Waals surface area contributed by atoms with Gasteiger partial charge in [-0.25, -0.2) is 0 Å². The van der Waals surface area contributed by atoms with Crippen LogP contribution in [0.2, 0.25) is 0 Å². The van der Waals surface area contributed by atoms with E-state index < -0.39 is 0 Å². The van der Waals surface area contributed by atoms with Crippen molar-refractivity contribution in [2.45, 2.75) is 39.3 Å². The lowest BCUT2D eigenvalue weighted by Gasteiger charge is -2.19. The van der Waals surface area contributed by atoms with E-state index in [1.165, 1.54) is 5.56 Å². The largest absolute Gasteiger partial charge is 0.466 e. The van der Waals surface area contributed by atoms with Gasteiger partial charge in [-0.15, -0.1) is 0 Å². The number of rotatable bonds is 6. The van der Waals surface area contributed by atoms with Gasteiger partial charge in [0.15, 0.2) is 0 Å². The second kappa shape index (κ2) is 7.54. The Labute approximate surface area is 117 Å². The molecule has 3 nitrogen and oxygen atoms in total. The molecule has 0 amide bonds. The van der Waals surface area contributed by atoms with E-state index in [1.54, 1.807) is 0 Å². The zero-order valence-electron chi connectivity index (χ0n) is 11.1. The number of ether oxygens (including phenoxy) is 1. The molecule has 0 saturated heterocycles. The first-order valence-corrected chi connectivity index (χ1v) is 6.99. The van der Waals surface area contributed by atoms with E-state index >= 15 is 0 Å². The van der Waals surface area contributed by atoms with Gasteiger partial charge in [0.1, 0.15) is 0 Å². The minimum absolute atomic E-state index is 0.0997. The lowest BCUT2D eigenvalue weighted by molar-refractivity contribution is -0.143. The van der Waals surface area contributed by atoms with E-state index in [0.717, 1.165) is 4.47 Å². The smallest absolute Gasteiger partial charge is 0.307 e. The first kappa shape index (κ1) is 15.2. The summed E-state index contributed by atoms with van der Waals surface area (Å²) in [6.07, 6.45) is 0.398. The molecule has 0 heterocycles. The molecule has 4 heteroatoms. The third-order valence-electron chi connectivity index (χ3n) is 2.68. The van der Waals surface area contributed by atoms with Crippen LogP contribution in [0.3, 0.4) is 0 Å². The van der Waals surface area contributed by atoms with Gasteiger partial charge in [-0.2, -0.15) is 0 Å². The molecule has 0 aliphatic heterocycles. The van der Waals surface area contributed by atoms with Crippen LogP contribution in [0.5, 0.6) is 0 Å². The van der Waals surface area contributed by atoms with Crippen LogP contribution in [0.25, 0.3) is 0 Å². The van der Waals surface area contributed by atoms with Crippen LogP contribution >= 0.6 is 15.9 Å². The summed E-state index contributed by atoms with van der Waals surface area (Å²) in [6, 6.07) is 8.48. The second-order valence-corrected chi connectivity index (χ2v) is 5.27. The van der Waals surface area contributed by atoms with Crippen molar-refractivity contribution in [1.29, 1.82) is 0 Å². The SMILES string of the molecule is CCOC(=O)CC(C)NC(C)c1ccc(Br)cc1. The molecule has 0 spiro atoms. The molecule has 1 rings (SSSR count). The molecular weight excluding hydrogens is 294 g/mol. The summed E-state index contributed by atoms with van der Waals surface area (Å²) >= 11 is 3.41. The summed E-state index contributed by atoms with van der Waals surface area (Å²) in [5, 5.41) is 3.39. The molecule has 18 heavy (non-hydrogen) atoms. The Morgan fingerprint density at radius 3 is 2.50 bits per heavy atom. The van der Waals surface area contributed by atoms with Gasteiger partial charge in [-0.3, -0.25) is 4.79 Å². The van der Waals surface area contributed by atoms with Crippen LogP contribution in [0, 0.1) is 0 Å². The third kappa shape index (κ3) is 5.19. The van der Waals surface area contributed by atoms with Gasteiger partial charge in [0.2, 0.25) is 0 Å². The van der Waals surface area contributed by atoms with Gasteiger partial charge in [0.25, 0.3) is 0 Å². The lowest BCUT2D eigenvalue weighted by Crippen LogP contribution is -2.31. The number of carbonyl (C=O) groups is 1. The highest BCUT2D eigenvalue weighted by Crippen LogP contribution is 2.17. The van der Waals surface area contributed by atoms with Gasteiger partial charge < -0.3 is 10.1 Å². The van der Waals surface area contributed by atoms with Crippen molar-refractivity contribution in [3.63, 3.8) is 0 Å². The minimum Gasteiger partial charge on any atom is -0.466 e. The maximum absolute atomic E-state index is 11.3. The fourth-order valence-corrected chi connectivity index (χ4v) is 2.07. The zero-order chi connectivity index (χ0) is 13.5. The van der Waals surface area contributed by atoms with Crippen molar-refractivity contribution in [3.8, 4) is 0 Å². The maximum Gasteiger partial charge on any atom is 0.307 e. The highest BCUT2D eigenvalue weighted by Gasteiger charge is 2.13. The van der Waals surface area contributed by atoms with Crippen LogP contribution in [-0.4, -0.2) is 18.6 Å². The average molecular weight is 314 g/mol. The van der Waals surface area contributed by atoms with Gasteiger partial charge in [0, 0.05) is 16.6 Å². The predicted molar refractivity (Wildman–Crippen MR) is 76.4 cm³/mol. The zero-order valence-corrected chi connectivity index (χ0v) is 12.7. The Hall–Kier alpha value is -0.870. The Kier molecular flexibility index (Phi) is 6.36. The maximum atomic E-state index is 11.3. The third-order valence-corrected chi connectivity index (χ3v) is 3.21. The van der Waals surface area contributed by atoms with Crippen molar-refractivity contribution < 1.29 is 9.53 Å². The molecule has 2 atom stereocenters. The van der Waals surface area contributed by atoms with Crippen molar-refractivity contribution in [3.05, 3.63) is 34.3 Å². The summed E-state index contributed by atoms with van der Waals surface area (Å²) < 4.78 is 6.00. The molecule has 0 fully saturated rings. The van der Waals surface area contributed by atoms with Gasteiger partial charge in [0.05, 0.1) is 13.0 Å². The van der Waals surface area contributed by atoms with Crippen molar-refractivity contribution in [2.24, 2.45) is 0 Å². The Balaban J connectivity index is 2.46. The number of nitrogens with one attached hydrogen (secondary N) is 1. The number of halogens is 1. The van der Waals surface area contributed by atoms with E-state index in [4.69, 9.17) is 4.74 Å². The molecule has 2 unspecified atom stereocenters. The monoisotopic (exact) mass is 313 g/mol. The molecule has 0 aliphatic carbocycles. The number of hydrogen-bond donors (Lipinski definition) is 1. The van der Waals surface area contributed by atoms with Crippen LogP contribution in [0.4, 0.5) is 0 Å². The highest BCUT2D eigenvalue weighted by molar-refractivity contribution is 9.10. The predicted octanol–water partition coefficient (Wildman–Crippen LogP) is 3.44. The first-order chi connectivity index (χ1) is 8.52. The molecule has 100 valence electrons. The Bertz CT molecular complexity index is 378. The standard InChI is InChI=1S/C14H20BrNO2/c1-4-18-14(17)9-10(2)16-11(3)12-5-7-13(15)8-6-12/h5-8,10-11,16H,4,9H2,1-3H3. The molecule has 1 aromatic carbocycles. The summed E-state index contributed by atoms with van der Waals surface area (Å²) in [6.45, 7) is 6.34. The summed E-state index contributed by atoms with van der Waals surface area (Å²) in [5.74, 6) is -0.152. The second-order valence-electron chi connectivity index (χ2n) is 4.35. The summed E-state index contributed by atoms with van der Waals surface area (Å²) in [4.78, 5) is 11.3. The normalized spacial score (nSPS) is 14.0.